The molecular formula is C13H17Cl2NO. The van der Waals surface area contributed by atoms with E-state index < -0.39 is 0 Å². The van der Waals surface area contributed by atoms with Crippen LogP contribution in [0.15, 0.2) is 18.2 Å². The first-order chi connectivity index (χ1) is 8.00. The quantitative estimate of drug-likeness (QED) is 0.860. The number of Topliss-reactive ketones (excluding diaryl/α,β-unsaturated/α-hetero) is 1. The van der Waals surface area contributed by atoms with E-state index in [-0.39, 0.29) is 11.8 Å². The molecule has 1 atom stereocenters. The minimum Gasteiger partial charge on any atom is -0.328 e. The van der Waals surface area contributed by atoms with Crippen molar-refractivity contribution in [1.82, 2.24) is 0 Å². The second-order valence-electron chi connectivity index (χ2n) is 4.30. The van der Waals surface area contributed by atoms with Gasteiger partial charge in [-0.2, -0.15) is 0 Å². The summed E-state index contributed by atoms with van der Waals surface area (Å²) >= 11 is 11.9. The van der Waals surface area contributed by atoms with Crippen molar-refractivity contribution in [3.8, 4) is 0 Å². The van der Waals surface area contributed by atoms with E-state index >= 15 is 0 Å². The van der Waals surface area contributed by atoms with Crippen molar-refractivity contribution >= 4 is 29.0 Å². The van der Waals surface area contributed by atoms with E-state index in [1.165, 1.54) is 0 Å². The van der Waals surface area contributed by atoms with Gasteiger partial charge in [0.1, 0.15) is 5.78 Å². The molecule has 0 aliphatic rings. The van der Waals surface area contributed by atoms with E-state index in [4.69, 9.17) is 28.9 Å². The molecule has 1 aromatic carbocycles. The van der Waals surface area contributed by atoms with Crippen LogP contribution in [0.3, 0.4) is 0 Å². The molecule has 1 rings (SSSR count). The van der Waals surface area contributed by atoms with Crippen LogP contribution in [0.5, 0.6) is 0 Å². The SMILES string of the molecule is CC(N)CCCC(=O)Cc1cccc(Cl)c1Cl. The van der Waals surface area contributed by atoms with Gasteiger partial charge >= 0.3 is 0 Å². The lowest BCUT2D eigenvalue weighted by molar-refractivity contribution is -0.118. The van der Waals surface area contributed by atoms with E-state index in [2.05, 4.69) is 0 Å². The summed E-state index contributed by atoms with van der Waals surface area (Å²) in [5, 5.41) is 0.974. The lowest BCUT2D eigenvalue weighted by Gasteiger charge is -2.06. The van der Waals surface area contributed by atoms with Crippen molar-refractivity contribution in [2.24, 2.45) is 5.73 Å². The molecule has 0 bridgehead atoms. The first-order valence-corrected chi connectivity index (χ1v) is 6.46. The zero-order valence-corrected chi connectivity index (χ0v) is 11.4. The molecule has 2 N–H and O–H groups in total. The molecule has 0 fully saturated rings. The van der Waals surface area contributed by atoms with Crippen molar-refractivity contribution in [3.05, 3.63) is 33.8 Å². The van der Waals surface area contributed by atoms with Crippen molar-refractivity contribution in [2.45, 2.75) is 38.6 Å². The molecule has 0 radical (unpaired) electrons. The van der Waals surface area contributed by atoms with Gasteiger partial charge in [0.25, 0.3) is 0 Å². The maximum atomic E-state index is 11.7. The fraction of sp³-hybridized carbons (Fsp3) is 0.462. The average molecular weight is 274 g/mol. The van der Waals surface area contributed by atoms with Crippen LogP contribution < -0.4 is 5.73 Å². The predicted octanol–water partition coefficient (Wildman–Crippen LogP) is 3.62. The fourth-order valence-corrected chi connectivity index (χ4v) is 1.99. The molecule has 0 saturated carbocycles. The fourth-order valence-electron chi connectivity index (χ4n) is 1.61. The van der Waals surface area contributed by atoms with Crippen LogP contribution in [-0.2, 0) is 11.2 Å². The van der Waals surface area contributed by atoms with Gasteiger partial charge < -0.3 is 5.73 Å². The molecule has 2 nitrogen and oxygen atoms in total. The van der Waals surface area contributed by atoms with Gasteiger partial charge in [-0.15, -0.1) is 0 Å². The number of ketones is 1. The third-order valence-corrected chi connectivity index (χ3v) is 3.39. The van der Waals surface area contributed by atoms with Gasteiger partial charge in [-0.1, -0.05) is 35.3 Å². The molecule has 0 heterocycles. The zero-order chi connectivity index (χ0) is 12.8. The van der Waals surface area contributed by atoms with E-state index in [0.29, 0.717) is 22.9 Å². The Hall–Kier alpha value is -0.570. The third-order valence-electron chi connectivity index (χ3n) is 2.53. The topological polar surface area (TPSA) is 43.1 Å². The van der Waals surface area contributed by atoms with Gasteiger partial charge in [-0.25, -0.2) is 0 Å². The summed E-state index contributed by atoms with van der Waals surface area (Å²) in [7, 11) is 0. The van der Waals surface area contributed by atoms with Crippen LogP contribution in [0.2, 0.25) is 10.0 Å². The first kappa shape index (κ1) is 14.5. The average Bonchev–Trinajstić information content (AvgIpc) is 2.24. The van der Waals surface area contributed by atoms with Crippen molar-refractivity contribution in [2.75, 3.05) is 0 Å². The molecule has 0 spiro atoms. The standard InChI is InChI=1S/C13H17Cl2NO/c1-9(16)4-2-6-11(17)8-10-5-3-7-12(14)13(10)15/h3,5,7,9H,2,4,6,8,16H2,1H3. The number of benzene rings is 1. The third kappa shape index (κ3) is 5.07. The molecule has 0 amide bonds. The number of carbonyl (C=O) groups excluding carboxylic acids is 1. The van der Waals surface area contributed by atoms with Gasteiger partial charge in [0.15, 0.2) is 0 Å². The van der Waals surface area contributed by atoms with Crippen LogP contribution in [0.25, 0.3) is 0 Å². The number of hydrogen-bond acceptors (Lipinski definition) is 2. The molecule has 4 heteroatoms. The maximum Gasteiger partial charge on any atom is 0.137 e. The zero-order valence-electron chi connectivity index (χ0n) is 9.88. The van der Waals surface area contributed by atoms with Crippen molar-refractivity contribution in [3.63, 3.8) is 0 Å². The summed E-state index contributed by atoms with van der Waals surface area (Å²) < 4.78 is 0. The molecule has 0 aliphatic carbocycles. The number of hydrogen-bond donors (Lipinski definition) is 1. The number of carbonyl (C=O) groups is 1. The largest absolute Gasteiger partial charge is 0.328 e. The van der Waals surface area contributed by atoms with Gasteiger partial charge in [0.2, 0.25) is 0 Å². The van der Waals surface area contributed by atoms with Crippen LogP contribution in [0.1, 0.15) is 31.7 Å². The molecule has 1 unspecified atom stereocenters. The molecule has 94 valence electrons. The lowest BCUT2D eigenvalue weighted by Crippen LogP contribution is -2.15. The summed E-state index contributed by atoms with van der Waals surface area (Å²) in [6, 6.07) is 5.50. The highest BCUT2D eigenvalue weighted by atomic mass is 35.5. The minimum atomic E-state index is 0.151. The Morgan fingerprint density at radius 1 is 1.41 bits per heavy atom. The van der Waals surface area contributed by atoms with Gasteiger partial charge in [-0.3, -0.25) is 4.79 Å². The summed E-state index contributed by atoms with van der Waals surface area (Å²) in [6.45, 7) is 1.94. The van der Waals surface area contributed by atoms with Crippen molar-refractivity contribution in [1.29, 1.82) is 0 Å². The van der Waals surface area contributed by atoms with Crippen LogP contribution in [-0.4, -0.2) is 11.8 Å². The number of rotatable bonds is 6. The normalized spacial score (nSPS) is 12.5. The summed E-state index contributed by atoms with van der Waals surface area (Å²) in [5.41, 5.74) is 6.42. The van der Waals surface area contributed by atoms with Gasteiger partial charge in [-0.05, 0) is 31.4 Å². The highest BCUT2D eigenvalue weighted by Gasteiger charge is 2.09. The molecule has 0 saturated heterocycles. The lowest BCUT2D eigenvalue weighted by atomic mass is 10.0. The molecule has 0 aliphatic heterocycles. The Bertz CT molecular complexity index is 391. The maximum absolute atomic E-state index is 11.7. The minimum absolute atomic E-state index is 0.151. The molecule has 1 aromatic rings. The number of halogens is 2. The second kappa shape index (κ2) is 7.00. The van der Waals surface area contributed by atoms with Crippen LogP contribution in [0.4, 0.5) is 0 Å². The Morgan fingerprint density at radius 2 is 2.12 bits per heavy atom. The molecular weight excluding hydrogens is 257 g/mol. The van der Waals surface area contributed by atoms with E-state index in [1.807, 2.05) is 13.0 Å². The van der Waals surface area contributed by atoms with E-state index in [0.717, 1.165) is 18.4 Å². The smallest absolute Gasteiger partial charge is 0.137 e. The highest BCUT2D eigenvalue weighted by Crippen LogP contribution is 2.26. The molecule has 17 heavy (non-hydrogen) atoms. The summed E-state index contributed by atoms with van der Waals surface area (Å²) in [5.74, 6) is 0.176. The first-order valence-electron chi connectivity index (χ1n) is 5.71. The predicted molar refractivity (Wildman–Crippen MR) is 72.7 cm³/mol. The highest BCUT2D eigenvalue weighted by molar-refractivity contribution is 6.42. The Kier molecular flexibility index (Phi) is 5.96. The Morgan fingerprint density at radius 3 is 2.76 bits per heavy atom. The number of nitrogens with two attached hydrogens (primary N) is 1. The van der Waals surface area contributed by atoms with Crippen LogP contribution in [0, 0.1) is 0 Å². The van der Waals surface area contributed by atoms with Gasteiger partial charge in [0.05, 0.1) is 10.0 Å². The summed E-state index contributed by atoms with van der Waals surface area (Å²) in [4.78, 5) is 11.7. The summed E-state index contributed by atoms with van der Waals surface area (Å²) in [6.07, 6.45) is 2.59. The van der Waals surface area contributed by atoms with E-state index in [9.17, 15) is 4.79 Å². The monoisotopic (exact) mass is 273 g/mol. The van der Waals surface area contributed by atoms with E-state index in [1.54, 1.807) is 12.1 Å². The Balaban J connectivity index is 2.48. The second-order valence-corrected chi connectivity index (χ2v) is 5.08. The Labute approximate surface area is 112 Å². The molecule has 0 aromatic heterocycles. The van der Waals surface area contributed by atoms with Crippen LogP contribution >= 0.6 is 23.2 Å². The van der Waals surface area contributed by atoms with Gasteiger partial charge in [0, 0.05) is 18.9 Å². The van der Waals surface area contributed by atoms with Crippen molar-refractivity contribution < 1.29 is 4.79 Å².